The minimum Gasteiger partial charge on any atom is -0.346 e. The van der Waals surface area contributed by atoms with E-state index in [0.29, 0.717) is 17.6 Å². The van der Waals surface area contributed by atoms with E-state index < -0.39 is 26.7 Å². The third kappa shape index (κ3) is 4.29. The number of carbonyl (C=O) groups excluding carboxylic acids is 1. The first kappa shape index (κ1) is 23.5. The summed E-state index contributed by atoms with van der Waals surface area (Å²) in [5.74, 6) is -0.0943. The number of aromatic nitrogens is 2. The maximum Gasteiger partial charge on any atom is 0.312 e. The van der Waals surface area contributed by atoms with E-state index in [1.165, 1.54) is 12.1 Å². The van der Waals surface area contributed by atoms with Crippen LogP contribution in [0.5, 0.6) is 0 Å². The molecule has 1 N–H and O–H groups in total. The Kier molecular flexibility index (Phi) is 6.15. The largest absolute Gasteiger partial charge is 0.346 e. The molecule has 1 aliphatic heterocycles. The molecule has 1 atom stereocenters. The number of H-pyrrole nitrogens is 1. The number of benzene rings is 2. The lowest BCUT2D eigenvalue weighted by atomic mass is 10.0. The SMILES string of the molecule is O=C1CCC(N(c2c([N+](=O)[O-])cnc3[nH]ccc23)S(=O)(=O)c2ccccc2)CN1Cc1ccccc1. The van der Waals surface area contributed by atoms with E-state index in [9.17, 15) is 23.3 Å². The number of hydrogen-bond donors (Lipinski definition) is 1. The minimum atomic E-state index is -4.24. The highest BCUT2D eigenvalue weighted by molar-refractivity contribution is 7.93. The lowest BCUT2D eigenvalue weighted by Gasteiger charge is -2.39. The number of nitro groups is 1. The zero-order valence-electron chi connectivity index (χ0n) is 19.1. The van der Waals surface area contributed by atoms with E-state index in [-0.39, 0.29) is 35.9 Å². The maximum atomic E-state index is 14.1. The number of rotatable bonds is 7. The molecular formula is C25H23N5O5S. The average molecular weight is 506 g/mol. The Labute approximate surface area is 207 Å². The third-order valence-corrected chi connectivity index (χ3v) is 8.15. The highest BCUT2D eigenvalue weighted by atomic mass is 32.2. The van der Waals surface area contributed by atoms with Crippen molar-refractivity contribution in [1.29, 1.82) is 0 Å². The molecule has 0 saturated carbocycles. The summed E-state index contributed by atoms with van der Waals surface area (Å²) in [5, 5.41) is 12.4. The second-order valence-electron chi connectivity index (χ2n) is 8.56. The van der Waals surface area contributed by atoms with Crippen molar-refractivity contribution in [2.24, 2.45) is 0 Å². The molecule has 10 nitrogen and oxygen atoms in total. The van der Waals surface area contributed by atoms with Gasteiger partial charge in [0.25, 0.3) is 10.0 Å². The van der Waals surface area contributed by atoms with E-state index in [0.717, 1.165) is 16.1 Å². The minimum absolute atomic E-state index is 0.00584. The van der Waals surface area contributed by atoms with E-state index in [2.05, 4.69) is 9.97 Å². The molecule has 1 fully saturated rings. The highest BCUT2D eigenvalue weighted by Gasteiger charge is 2.41. The molecule has 36 heavy (non-hydrogen) atoms. The lowest BCUT2D eigenvalue weighted by molar-refractivity contribution is -0.384. The monoisotopic (exact) mass is 505 g/mol. The molecule has 5 rings (SSSR count). The summed E-state index contributed by atoms with van der Waals surface area (Å²) < 4.78 is 29.3. The number of aromatic amines is 1. The summed E-state index contributed by atoms with van der Waals surface area (Å²) in [6.45, 7) is 0.401. The topological polar surface area (TPSA) is 130 Å². The van der Waals surface area contributed by atoms with Crippen LogP contribution in [0.2, 0.25) is 0 Å². The molecule has 1 amide bonds. The van der Waals surface area contributed by atoms with Gasteiger partial charge >= 0.3 is 5.69 Å². The molecule has 1 aliphatic rings. The predicted octanol–water partition coefficient (Wildman–Crippen LogP) is 3.86. The summed E-state index contributed by atoms with van der Waals surface area (Å²) in [7, 11) is -4.24. The first-order valence-corrected chi connectivity index (χ1v) is 12.8. The Balaban J connectivity index is 1.66. The number of pyridine rings is 1. The zero-order chi connectivity index (χ0) is 25.3. The van der Waals surface area contributed by atoms with Crippen molar-refractivity contribution in [3.8, 4) is 0 Å². The normalized spacial score (nSPS) is 16.3. The van der Waals surface area contributed by atoms with Gasteiger partial charge in [0, 0.05) is 25.7 Å². The van der Waals surface area contributed by atoms with Gasteiger partial charge in [-0.1, -0.05) is 48.5 Å². The van der Waals surface area contributed by atoms with Gasteiger partial charge in [0.05, 0.1) is 21.2 Å². The first-order valence-electron chi connectivity index (χ1n) is 11.4. The average Bonchev–Trinajstić information content (AvgIpc) is 3.36. The van der Waals surface area contributed by atoms with Gasteiger partial charge in [0.15, 0.2) is 0 Å². The molecule has 0 aliphatic carbocycles. The molecule has 4 aromatic rings. The van der Waals surface area contributed by atoms with Gasteiger partial charge in [0.2, 0.25) is 5.91 Å². The standard InChI is InChI=1S/C25H23N5O5S/c31-23-12-11-19(17-28(23)16-18-7-3-1-4-8-18)29(36(34,35)20-9-5-2-6-10-20)24-21-13-14-26-25(21)27-15-22(24)30(32)33/h1-10,13-15,19H,11-12,16-17H2,(H,26,27). The molecule has 1 saturated heterocycles. The van der Waals surface area contributed by atoms with Crippen LogP contribution in [-0.2, 0) is 21.4 Å². The number of piperidine rings is 1. The molecule has 2 aromatic carbocycles. The molecule has 0 spiro atoms. The Bertz CT molecular complexity index is 1520. The van der Waals surface area contributed by atoms with Crippen molar-refractivity contribution >= 4 is 38.3 Å². The first-order chi connectivity index (χ1) is 17.4. The Morgan fingerprint density at radius 3 is 2.47 bits per heavy atom. The summed E-state index contributed by atoms with van der Waals surface area (Å²) in [6.07, 6.45) is 2.97. The molecular weight excluding hydrogens is 482 g/mol. The van der Waals surface area contributed by atoms with Crippen molar-refractivity contribution in [3.63, 3.8) is 0 Å². The molecule has 3 heterocycles. The summed E-state index contributed by atoms with van der Waals surface area (Å²) in [5.41, 5.74) is 0.756. The van der Waals surface area contributed by atoms with Crippen LogP contribution in [0.15, 0.2) is 84.0 Å². The highest BCUT2D eigenvalue weighted by Crippen LogP contribution is 2.40. The second-order valence-corrected chi connectivity index (χ2v) is 10.4. The molecule has 0 bridgehead atoms. The number of fused-ring (bicyclic) bond motifs is 1. The van der Waals surface area contributed by atoms with E-state index in [1.54, 1.807) is 35.4 Å². The van der Waals surface area contributed by atoms with Crippen LogP contribution < -0.4 is 4.31 Å². The maximum absolute atomic E-state index is 14.1. The zero-order valence-corrected chi connectivity index (χ0v) is 20.0. The Morgan fingerprint density at radius 1 is 1.08 bits per heavy atom. The molecule has 184 valence electrons. The quantitative estimate of drug-likeness (QED) is 0.300. The van der Waals surface area contributed by atoms with Crippen molar-refractivity contribution < 1.29 is 18.1 Å². The number of amides is 1. The lowest BCUT2D eigenvalue weighted by Crippen LogP contribution is -2.52. The summed E-state index contributed by atoms with van der Waals surface area (Å²) >= 11 is 0. The van der Waals surface area contributed by atoms with Crippen molar-refractivity contribution in [1.82, 2.24) is 14.9 Å². The number of sulfonamides is 1. The second kappa shape index (κ2) is 9.42. The number of likely N-dealkylation sites (tertiary alicyclic amines) is 1. The van der Waals surface area contributed by atoms with Crippen LogP contribution in [0.4, 0.5) is 11.4 Å². The van der Waals surface area contributed by atoms with Crippen LogP contribution in [-0.4, -0.2) is 46.7 Å². The van der Waals surface area contributed by atoms with Crippen molar-refractivity contribution in [2.75, 3.05) is 10.8 Å². The van der Waals surface area contributed by atoms with Crippen molar-refractivity contribution in [2.45, 2.75) is 30.3 Å². The fraction of sp³-hybridized carbons (Fsp3) is 0.200. The van der Waals surface area contributed by atoms with Gasteiger partial charge in [-0.05, 0) is 30.2 Å². The molecule has 1 unspecified atom stereocenters. The van der Waals surface area contributed by atoms with E-state index in [4.69, 9.17) is 0 Å². The van der Waals surface area contributed by atoms with Crippen molar-refractivity contribution in [3.05, 3.63) is 94.8 Å². The number of nitrogens with zero attached hydrogens (tertiary/aromatic N) is 4. The molecule has 11 heteroatoms. The van der Waals surface area contributed by atoms with Gasteiger partial charge in [-0.25, -0.2) is 13.4 Å². The number of carbonyl (C=O) groups is 1. The predicted molar refractivity (Wildman–Crippen MR) is 134 cm³/mol. The van der Waals surface area contributed by atoms with Crippen LogP contribution in [0, 0.1) is 10.1 Å². The van der Waals surface area contributed by atoms with Gasteiger partial charge in [-0.3, -0.25) is 19.2 Å². The fourth-order valence-electron chi connectivity index (χ4n) is 4.60. The number of anilines is 1. The van der Waals surface area contributed by atoms with Gasteiger partial charge in [-0.15, -0.1) is 0 Å². The van der Waals surface area contributed by atoms with Gasteiger partial charge in [-0.2, -0.15) is 0 Å². The van der Waals surface area contributed by atoms with Gasteiger partial charge in [0.1, 0.15) is 17.5 Å². The Hall–Kier alpha value is -4.25. The molecule has 0 radical (unpaired) electrons. The fourth-order valence-corrected chi connectivity index (χ4v) is 6.32. The Morgan fingerprint density at radius 2 is 1.78 bits per heavy atom. The van der Waals surface area contributed by atoms with Crippen LogP contribution >= 0.6 is 0 Å². The van der Waals surface area contributed by atoms with Gasteiger partial charge < -0.3 is 9.88 Å². The van der Waals surface area contributed by atoms with E-state index >= 15 is 0 Å². The number of nitrogens with one attached hydrogen (secondary N) is 1. The summed E-state index contributed by atoms with van der Waals surface area (Å²) in [6, 6.07) is 18.1. The smallest absolute Gasteiger partial charge is 0.312 e. The van der Waals surface area contributed by atoms with Crippen LogP contribution in [0.25, 0.3) is 11.0 Å². The third-order valence-electron chi connectivity index (χ3n) is 6.28. The van der Waals surface area contributed by atoms with Crippen LogP contribution in [0.1, 0.15) is 18.4 Å². The number of hydrogen-bond acceptors (Lipinski definition) is 6. The van der Waals surface area contributed by atoms with E-state index in [1.807, 2.05) is 30.3 Å². The van der Waals surface area contributed by atoms with Crippen LogP contribution in [0.3, 0.4) is 0 Å². The molecule has 2 aromatic heterocycles. The summed E-state index contributed by atoms with van der Waals surface area (Å²) in [4.78, 5) is 32.9.